The highest BCUT2D eigenvalue weighted by atomic mass is 16.4. The maximum absolute atomic E-state index is 10.4. The van der Waals surface area contributed by atoms with Gasteiger partial charge in [0.25, 0.3) is 0 Å². The van der Waals surface area contributed by atoms with Gasteiger partial charge in [-0.25, -0.2) is 0 Å². The van der Waals surface area contributed by atoms with Gasteiger partial charge in [0, 0.05) is 18.5 Å². The van der Waals surface area contributed by atoms with E-state index in [1.165, 1.54) is 19.3 Å². The number of nitrogens with zero attached hydrogens (tertiary/aromatic N) is 1. The fourth-order valence-electron chi connectivity index (χ4n) is 2.15. The van der Waals surface area contributed by atoms with Crippen molar-refractivity contribution in [1.29, 1.82) is 0 Å². The first-order chi connectivity index (χ1) is 7.11. The van der Waals surface area contributed by atoms with E-state index in [1.54, 1.807) is 0 Å². The molecule has 0 aromatic rings. The highest BCUT2D eigenvalue weighted by Crippen LogP contribution is 2.26. The van der Waals surface area contributed by atoms with Crippen molar-refractivity contribution in [2.24, 2.45) is 0 Å². The molecule has 1 N–H and O–H groups in total. The lowest BCUT2D eigenvalue weighted by Crippen LogP contribution is -2.44. The fraction of sp³-hybridized carbons (Fsp3) is 0.917. The van der Waals surface area contributed by atoms with E-state index in [9.17, 15) is 4.79 Å². The van der Waals surface area contributed by atoms with Gasteiger partial charge < -0.3 is 5.11 Å². The van der Waals surface area contributed by atoms with E-state index >= 15 is 0 Å². The summed E-state index contributed by atoms with van der Waals surface area (Å²) in [7, 11) is 0. The molecule has 0 amide bonds. The average Bonchev–Trinajstić information content (AvgIpc) is 2.06. The minimum atomic E-state index is -0.672. The summed E-state index contributed by atoms with van der Waals surface area (Å²) in [5.74, 6) is -0.672. The largest absolute Gasteiger partial charge is 0.481 e. The van der Waals surface area contributed by atoms with Crippen molar-refractivity contribution in [3.63, 3.8) is 0 Å². The highest BCUT2D eigenvalue weighted by Gasteiger charge is 2.25. The second-order valence-electron chi connectivity index (χ2n) is 4.77. The van der Waals surface area contributed by atoms with Crippen LogP contribution in [0.15, 0.2) is 0 Å². The Labute approximate surface area is 92.5 Å². The zero-order chi connectivity index (χ0) is 11.3. The molecule has 0 aliphatic heterocycles. The Morgan fingerprint density at radius 3 is 2.47 bits per heavy atom. The molecule has 0 spiro atoms. The molecule has 0 aromatic carbocycles. The number of rotatable bonds is 7. The van der Waals surface area contributed by atoms with E-state index in [0.29, 0.717) is 12.5 Å². The molecule has 0 radical (unpaired) electrons. The van der Waals surface area contributed by atoms with E-state index in [2.05, 4.69) is 18.7 Å². The zero-order valence-corrected chi connectivity index (χ0v) is 9.91. The summed E-state index contributed by atoms with van der Waals surface area (Å²) in [6.07, 6.45) is 6.17. The molecule has 0 saturated heterocycles. The molecule has 0 unspecified atom stereocenters. The minimum absolute atomic E-state index is 0.316. The predicted octanol–water partition coefficient (Wildman–Crippen LogP) is 2.50. The molecule has 1 saturated carbocycles. The Morgan fingerprint density at radius 1 is 1.40 bits per heavy atom. The van der Waals surface area contributed by atoms with Crippen molar-refractivity contribution in [1.82, 2.24) is 4.90 Å². The second-order valence-corrected chi connectivity index (χ2v) is 4.77. The van der Waals surface area contributed by atoms with Gasteiger partial charge in [-0.15, -0.1) is 0 Å². The Hall–Kier alpha value is -0.570. The van der Waals surface area contributed by atoms with Crippen molar-refractivity contribution in [3.05, 3.63) is 0 Å². The Morgan fingerprint density at radius 2 is 2.07 bits per heavy atom. The zero-order valence-electron chi connectivity index (χ0n) is 9.91. The summed E-state index contributed by atoms with van der Waals surface area (Å²) < 4.78 is 0. The molecule has 0 aromatic heterocycles. The van der Waals surface area contributed by atoms with Crippen LogP contribution in [0.4, 0.5) is 0 Å². The molecule has 1 rings (SSSR count). The van der Waals surface area contributed by atoms with E-state index in [4.69, 9.17) is 5.11 Å². The molecule has 1 fully saturated rings. The van der Waals surface area contributed by atoms with Gasteiger partial charge in [-0.3, -0.25) is 9.69 Å². The molecule has 15 heavy (non-hydrogen) atoms. The van der Waals surface area contributed by atoms with Gasteiger partial charge >= 0.3 is 5.97 Å². The summed E-state index contributed by atoms with van der Waals surface area (Å²) in [4.78, 5) is 12.9. The van der Waals surface area contributed by atoms with E-state index in [0.717, 1.165) is 25.4 Å². The summed E-state index contributed by atoms with van der Waals surface area (Å²) >= 11 is 0. The van der Waals surface area contributed by atoms with Crippen molar-refractivity contribution in [2.45, 2.75) is 64.5 Å². The van der Waals surface area contributed by atoms with Gasteiger partial charge in [0.05, 0.1) is 0 Å². The lowest BCUT2D eigenvalue weighted by Gasteiger charge is -2.40. The van der Waals surface area contributed by atoms with Gasteiger partial charge in [0.2, 0.25) is 0 Å². The number of carboxylic acid groups (broad SMARTS) is 1. The number of hydrogen-bond donors (Lipinski definition) is 1. The molecular weight excluding hydrogens is 190 g/mol. The molecule has 3 heteroatoms. The molecule has 1 aliphatic rings. The van der Waals surface area contributed by atoms with Crippen molar-refractivity contribution >= 4 is 5.97 Å². The van der Waals surface area contributed by atoms with Gasteiger partial charge in [-0.05, 0) is 46.1 Å². The maximum Gasteiger partial charge on any atom is 0.303 e. The third-order valence-corrected chi connectivity index (χ3v) is 3.26. The number of carboxylic acids is 1. The Bertz CT molecular complexity index is 200. The molecule has 88 valence electrons. The molecule has 0 atom stereocenters. The first-order valence-electron chi connectivity index (χ1n) is 6.09. The van der Waals surface area contributed by atoms with Crippen LogP contribution in [-0.4, -0.2) is 34.6 Å². The normalized spacial score (nSPS) is 17.1. The van der Waals surface area contributed by atoms with Crippen LogP contribution in [0.1, 0.15) is 52.4 Å². The molecular formula is C12H23NO2. The van der Waals surface area contributed by atoms with Crippen LogP contribution in [0.3, 0.4) is 0 Å². The summed E-state index contributed by atoms with van der Waals surface area (Å²) in [6.45, 7) is 5.53. The number of carbonyl (C=O) groups is 1. The Kier molecular flexibility index (Phi) is 5.09. The van der Waals surface area contributed by atoms with Crippen LogP contribution in [0.25, 0.3) is 0 Å². The van der Waals surface area contributed by atoms with Crippen molar-refractivity contribution in [3.8, 4) is 0 Å². The second kappa shape index (κ2) is 6.11. The molecule has 0 bridgehead atoms. The van der Waals surface area contributed by atoms with Crippen molar-refractivity contribution in [2.75, 3.05) is 6.54 Å². The maximum atomic E-state index is 10.4. The SMILES string of the molecule is CC(C)N(CCCCC(=O)O)C1CCC1. The number of hydrogen-bond acceptors (Lipinski definition) is 2. The first-order valence-corrected chi connectivity index (χ1v) is 6.09. The van der Waals surface area contributed by atoms with E-state index < -0.39 is 5.97 Å². The standard InChI is InChI=1S/C12H23NO2/c1-10(2)13(11-6-5-7-11)9-4-3-8-12(14)15/h10-11H,3-9H2,1-2H3,(H,14,15). The van der Waals surface area contributed by atoms with Gasteiger partial charge in [-0.2, -0.15) is 0 Å². The average molecular weight is 213 g/mol. The van der Waals surface area contributed by atoms with Crippen LogP contribution in [0.5, 0.6) is 0 Å². The van der Waals surface area contributed by atoms with Crippen LogP contribution in [0, 0.1) is 0 Å². The molecule has 3 nitrogen and oxygen atoms in total. The summed E-state index contributed by atoms with van der Waals surface area (Å²) in [6, 6.07) is 1.37. The Balaban J connectivity index is 2.17. The molecule has 0 heterocycles. The monoisotopic (exact) mass is 213 g/mol. The highest BCUT2D eigenvalue weighted by molar-refractivity contribution is 5.66. The third kappa shape index (κ3) is 4.20. The lowest BCUT2D eigenvalue weighted by atomic mass is 9.90. The van der Waals surface area contributed by atoms with Crippen LogP contribution < -0.4 is 0 Å². The van der Waals surface area contributed by atoms with E-state index in [-0.39, 0.29) is 0 Å². The van der Waals surface area contributed by atoms with Crippen LogP contribution in [-0.2, 0) is 4.79 Å². The van der Waals surface area contributed by atoms with Crippen molar-refractivity contribution < 1.29 is 9.90 Å². The van der Waals surface area contributed by atoms with Crippen LogP contribution >= 0.6 is 0 Å². The fourth-order valence-corrected chi connectivity index (χ4v) is 2.15. The van der Waals surface area contributed by atoms with Crippen LogP contribution in [0.2, 0.25) is 0 Å². The number of aliphatic carboxylic acids is 1. The van der Waals surface area contributed by atoms with E-state index in [1.807, 2.05) is 0 Å². The summed E-state index contributed by atoms with van der Waals surface area (Å²) in [5.41, 5.74) is 0. The predicted molar refractivity (Wildman–Crippen MR) is 61.0 cm³/mol. The number of unbranched alkanes of at least 4 members (excludes halogenated alkanes) is 1. The first kappa shape index (κ1) is 12.5. The van der Waals surface area contributed by atoms with Gasteiger partial charge in [-0.1, -0.05) is 6.42 Å². The minimum Gasteiger partial charge on any atom is -0.481 e. The topological polar surface area (TPSA) is 40.5 Å². The molecule has 1 aliphatic carbocycles. The smallest absolute Gasteiger partial charge is 0.303 e. The summed E-state index contributed by atoms with van der Waals surface area (Å²) in [5, 5.41) is 8.54. The lowest BCUT2D eigenvalue weighted by molar-refractivity contribution is -0.137. The quantitative estimate of drug-likeness (QED) is 0.661. The van der Waals surface area contributed by atoms with Gasteiger partial charge in [0.15, 0.2) is 0 Å². The third-order valence-electron chi connectivity index (χ3n) is 3.26. The van der Waals surface area contributed by atoms with Gasteiger partial charge in [0.1, 0.15) is 0 Å².